The molecule has 4 nitrogen and oxygen atoms in total. The van der Waals surface area contributed by atoms with E-state index in [2.05, 4.69) is 29.0 Å². The maximum Gasteiger partial charge on any atom is 0.195 e. The average Bonchev–Trinajstić information content (AvgIpc) is 2.72. The summed E-state index contributed by atoms with van der Waals surface area (Å²) in [6.45, 7) is 5.35. The van der Waals surface area contributed by atoms with E-state index in [4.69, 9.17) is 12.2 Å². The normalized spacial score (nSPS) is 11.1. The molecule has 96 valence electrons. The Bertz CT molecular complexity index is 542. The van der Waals surface area contributed by atoms with Crippen LogP contribution in [0.3, 0.4) is 0 Å². The maximum atomic E-state index is 5.27. The van der Waals surface area contributed by atoms with E-state index < -0.39 is 0 Å². The van der Waals surface area contributed by atoms with Crippen molar-refractivity contribution in [2.24, 2.45) is 5.92 Å². The second-order valence-corrected chi connectivity index (χ2v) is 5.14. The molecule has 18 heavy (non-hydrogen) atoms. The average molecular weight is 262 g/mol. The number of rotatable bonds is 5. The quantitative estimate of drug-likeness (QED) is 0.840. The number of nitrogens with zero attached hydrogens (tertiary/aromatic N) is 3. The molecule has 0 aliphatic heterocycles. The zero-order chi connectivity index (χ0) is 13.0. The highest BCUT2D eigenvalue weighted by Gasteiger charge is 2.09. The van der Waals surface area contributed by atoms with Gasteiger partial charge >= 0.3 is 0 Å². The van der Waals surface area contributed by atoms with Crippen molar-refractivity contribution >= 4 is 12.2 Å². The van der Waals surface area contributed by atoms with Crippen LogP contribution in [-0.2, 0) is 6.54 Å². The topological polar surface area (TPSA) is 46.5 Å². The molecule has 0 atom stereocenters. The van der Waals surface area contributed by atoms with Crippen LogP contribution in [0.25, 0.3) is 11.5 Å². The first kappa shape index (κ1) is 13.0. The molecule has 2 rings (SSSR count). The summed E-state index contributed by atoms with van der Waals surface area (Å²) in [6.07, 6.45) is 4.06. The van der Waals surface area contributed by atoms with Gasteiger partial charge in [0.25, 0.3) is 0 Å². The van der Waals surface area contributed by atoms with E-state index in [9.17, 15) is 0 Å². The number of aromatic amines is 1. The summed E-state index contributed by atoms with van der Waals surface area (Å²) in [6, 6.07) is 5.80. The minimum absolute atomic E-state index is 0.666. The summed E-state index contributed by atoms with van der Waals surface area (Å²) in [5.41, 5.74) is 0.856. The Balaban J connectivity index is 2.20. The largest absolute Gasteiger partial charge is 0.299 e. The van der Waals surface area contributed by atoms with Crippen molar-refractivity contribution in [3.63, 3.8) is 0 Å². The number of aromatic nitrogens is 4. The van der Waals surface area contributed by atoms with Crippen LogP contribution in [0, 0.1) is 10.7 Å². The first-order valence-electron chi connectivity index (χ1n) is 6.25. The Morgan fingerprint density at radius 2 is 2.22 bits per heavy atom. The summed E-state index contributed by atoms with van der Waals surface area (Å²) < 4.78 is 2.69. The SMILES string of the molecule is CC(C)CCCn1c(-c2ccccn2)n[nH]c1=S. The third-order valence-electron chi connectivity index (χ3n) is 2.82. The van der Waals surface area contributed by atoms with Gasteiger partial charge in [0, 0.05) is 12.7 Å². The van der Waals surface area contributed by atoms with E-state index >= 15 is 0 Å². The van der Waals surface area contributed by atoms with Crippen LogP contribution >= 0.6 is 12.2 Å². The Hall–Kier alpha value is -1.49. The van der Waals surface area contributed by atoms with E-state index in [1.807, 2.05) is 22.8 Å². The molecular weight excluding hydrogens is 244 g/mol. The van der Waals surface area contributed by atoms with E-state index in [0.29, 0.717) is 10.7 Å². The summed E-state index contributed by atoms with van der Waals surface area (Å²) in [5.74, 6) is 1.54. The molecule has 0 unspecified atom stereocenters. The standard InChI is InChI=1S/C13H18N4S/c1-10(2)6-5-9-17-12(15-16-13(17)18)11-7-3-4-8-14-11/h3-4,7-8,10H,5-6,9H2,1-2H3,(H,16,18). The lowest BCUT2D eigenvalue weighted by Crippen LogP contribution is -2.03. The lowest BCUT2D eigenvalue weighted by atomic mass is 10.1. The van der Waals surface area contributed by atoms with Gasteiger partial charge in [-0.05, 0) is 43.1 Å². The van der Waals surface area contributed by atoms with Crippen LogP contribution in [0.5, 0.6) is 0 Å². The predicted octanol–water partition coefficient (Wildman–Crippen LogP) is 3.44. The van der Waals surface area contributed by atoms with Crippen molar-refractivity contribution < 1.29 is 0 Å². The molecule has 0 saturated heterocycles. The highest BCUT2D eigenvalue weighted by atomic mass is 32.1. The molecule has 2 heterocycles. The number of hydrogen-bond acceptors (Lipinski definition) is 3. The van der Waals surface area contributed by atoms with Gasteiger partial charge in [0.1, 0.15) is 5.69 Å². The van der Waals surface area contributed by atoms with Gasteiger partial charge in [-0.1, -0.05) is 19.9 Å². The minimum Gasteiger partial charge on any atom is -0.299 e. The van der Waals surface area contributed by atoms with Crippen molar-refractivity contribution in [2.45, 2.75) is 33.2 Å². The van der Waals surface area contributed by atoms with Gasteiger partial charge in [-0.15, -0.1) is 0 Å². The third kappa shape index (κ3) is 3.04. The van der Waals surface area contributed by atoms with Gasteiger partial charge < -0.3 is 0 Å². The third-order valence-corrected chi connectivity index (χ3v) is 3.13. The van der Waals surface area contributed by atoms with Gasteiger partial charge in [-0.3, -0.25) is 14.6 Å². The molecule has 0 amide bonds. The Labute approximate surface area is 112 Å². The number of hydrogen-bond donors (Lipinski definition) is 1. The fourth-order valence-electron chi connectivity index (χ4n) is 1.87. The van der Waals surface area contributed by atoms with Crippen LogP contribution in [0.4, 0.5) is 0 Å². The molecule has 0 spiro atoms. The predicted molar refractivity (Wildman–Crippen MR) is 74.7 cm³/mol. The minimum atomic E-state index is 0.666. The molecule has 0 aromatic carbocycles. The highest BCUT2D eigenvalue weighted by Crippen LogP contribution is 2.15. The number of nitrogens with one attached hydrogen (secondary N) is 1. The summed E-state index contributed by atoms with van der Waals surface area (Å²) in [5, 5.41) is 7.12. The van der Waals surface area contributed by atoms with Crippen LogP contribution in [-0.4, -0.2) is 19.7 Å². The fourth-order valence-corrected chi connectivity index (χ4v) is 2.10. The second-order valence-electron chi connectivity index (χ2n) is 4.76. The van der Waals surface area contributed by atoms with E-state index in [1.165, 1.54) is 6.42 Å². The van der Waals surface area contributed by atoms with Crippen LogP contribution in [0.2, 0.25) is 0 Å². The number of pyridine rings is 1. The van der Waals surface area contributed by atoms with Crippen molar-refractivity contribution in [2.75, 3.05) is 0 Å². The van der Waals surface area contributed by atoms with Gasteiger partial charge in [0.05, 0.1) is 0 Å². The van der Waals surface area contributed by atoms with Gasteiger partial charge in [0.15, 0.2) is 10.6 Å². The molecule has 0 aliphatic carbocycles. The lowest BCUT2D eigenvalue weighted by Gasteiger charge is -2.07. The van der Waals surface area contributed by atoms with Crippen LogP contribution in [0.15, 0.2) is 24.4 Å². The monoisotopic (exact) mass is 262 g/mol. The molecule has 2 aromatic heterocycles. The Morgan fingerprint density at radius 3 is 2.89 bits per heavy atom. The zero-order valence-electron chi connectivity index (χ0n) is 10.8. The van der Waals surface area contributed by atoms with Crippen LogP contribution in [0.1, 0.15) is 26.7 Å². The zero-order valence-corrected chi connectivity index (χ0v) is 11.6. The number of H-pyrrole nitrogens is 1. The molecule has 0 fully saturated rings. The smallest absolute Gasteiger partial charge is 0.195 e. The fraction of sp³-hybridized carbons (Fsp3) is 0.462. The highest BCUT2D eigenvalue weighted by molar-refractivity contribution is 7.71. The molecule has 1 N–H and O–H groups in total. The molecular formula is C13H18N4S. The molecule has 0 saturated carbocycles. The van der Waals surface area contributed by atoms with Gasteiger partial charge in [-0.25, -0.2) is 0 Å². The maximum absolute atomic E-state index is 5.27. The second kappa shape index (κ2) is 5.91. The molecule has 5 heteroatoms. The van der Waals surface area contributed by atoms with Crippen molar-refractivity contribution in [1.82, 2.24) is 19.7 Å². The molecule has 0 aliphatic rings. The first-order valence-corrected chi connectivity index (χ1v) is 6.66. The summed E-state index contributed by atoms with van der Waals surface area (Å²) >= 11 is 5.27. The van der Waals surface area contributed by atoms with Gasteiger partial charge in [0.2, 0.25) is 0 Å². The Kier molecular flexibility index (Phi) is 4.25. The van der Waals surface area contributed by atoms with Crippen molar-refractivity contribution in [3.8, 4) is 11.5 Å². The van der Waals surface area contributed by atoms with E-state index in [-0.39, 0.29) is 0 Å². The molecule has 0 radical (unpaired) electrons. The van der Waals surface area contributed by atoms with Gasteiger partial charge in [-0.2, -0.15) is 5.10 Å². The Morgan fingerprint density at radius 1 is 1.39 bits per heavy atom. The lowest BCUT2D eigenvalue weighted by molar-refractivity contribution is 0.511. The van der Waals surface area contributed by atoms with E-state index in [1.54, 1.807) is 6.20 Å². The molecule has 2 aromatic rings. The molecule has 0 bridgehead atoms. The van der Waals surface area contributed by atoms with Crippen molar-refractivity contribution in [1.29, 1.82) is 0 Å². The van der Waals surface area contributed by atoms with Crippen LogP contribution < -0.4 is 0 Å². The van der Waals surface area contributed by atoms with E-state index in [0.717, 1.165) is 24.5 Å². The summed E-state index contributed by atoms with van der Waals surface area (Å²) in [7, 11) is 0. The summed E-state index contributed by atoms with van der Waals surface area (Å²) in [4.78, 5) is 4.32. The van der Waals surface area contributed by atoms with Crippen molar-refractivity contribution in [3.05, 3.63) is 29.2 Å². The first-order chi connectivity index (χ1) is 8.68.